The topological polar surface area (TPSA) is 20.2 Å². The fourth-order valence-corrected chi connectivity index (χ4v) is 2.59. The van der Waals surface area contributed by atoms with Crippen LogP contribution in [0.2, 0.25) is 0 Å². The first-order chi connectivity index (χ1) is 6.83. The number of unbranched alkanes of at least 4 members (excludes halogenated alkanes) is 1. The van der Waals surface area contributed by atoms with Crippen molar-refractivity contribution < 1.29 is 5.11 Å². The molecule has 1 atom stereocenters. The van der Waals surface area contributed by atoms with E-state index < -0.39 is 0 Å². The van der Waals surface area contributed by atoms with Gasteiger partial charge >= 0.3 is 0 Å². The fraction of sp³-hybridized carbons (Fsp3) is 1.00. The number of hydrogen-bond acceptors (Lipinski definition) is 1. The van der Waals surface area contributed by atoms with Gasteiger partial charge in [-0.1, -0.05) is 58.3 Å². The summed E-state index contributed by atoms with van der Waals surface area (Å²) in [4.78, 5) is 0. The summed E-state index contributed by atoms with van der Waals surface area (Å²) in [6.07, 6.45) is 12.5. The van der Waals surface area contributed by atoms with Crippen LogP contribution >= 0.6 is 0 Å². The molecule has 1 nitrogen and oxygen atoms in total. The number of aliphatic hydroxyl groups excluding tert-OH is 1. The second-order valence-corrected chi connectivity index (χ2v) is 5.05. The van der Waals surface area contributed by atoms with Gasteiger partial charge in [-0.3, -0.25) is 0 Å². The van der Waals surface area contributed by atoms with E-state index in [1.54, 1.807) is 0 Å². The molecule has 14 heavy (non-hydrogen) atoms. The quantitative estimate of drug-likeness (QED) is 0.618. The molecular formula is C13H26O. The van der Waals surface area contributed by atoms with Crippen molar-refractivity contribution in [3.8, 4) is 0 Å². The Morgan fingerprint density at radius 3 is 2.50 bits per heavy atom. The highest BCUT2D eigenvalue weighted by molar-refractivity contribution is 4.67. The third kappa shape index (κ3) is 4.99. The summed E-state index contributed by atoms with van der Waals surface area (Å²) >= 11 is 0. The van der Waals surface area contributed by atoms with Crippen molar-refractivity contribution >= 4 is 0 Å². The first-order valence-corrected chi connectivity index (χ1v) is 6.43. The van der Waals surface area contributed by atoms with Gasteiger partial charge in [0.25, 0.3) is 0 Å². The van der Waals surface area contributed by atoms with E-state index in [9.17, 15) is 0 Å². The summed E-state index contributed by atoms with van der Waals surface area (Å²) < 4.78 is 0. The molecule has 1 N–H and O–H groups in total. The largest absolute Gasteiger partial charge is 0.396 e. The maximum atomic E-state index is 8.77. The maximum absolute atomic E-state index is 8.77. The second kappa shape index (κ2) is 7.28. The van der Waals surface area contributed by atoms with Gasteiger partial charge in [0.15, 0.2) is 0 Å². The smallest absolute Gasteiger partial charge is 0.0433 e. The van der Waals surface area contributed by atoms with E-state index in [-0.39, 0.29) is 0 Å². The molecule has 0 unspecified atom stereocenters. The van der Waals surface area contributed by atoms with Crippen LogP contribution < -0.4 is 0 Å². The molecule has 84 valence electrons. The normalized spacial score (nSPS) is 20.1. The van der Waals surface area contributed by atoms with E-state index in [4.69, 9.17) is 5.11 Å². The van der Waals surface area contributed by atoms with Crippen LogP contribution in [0.3, 0.4) is 0 Å². The van der Waals surface area contributed by atoms with Crippen LogP contribution in [0.1, 0.15) is 64.7 Å². The van der Waals surface area contributed by atoms with Crippen LogP contribution in [0.15, 0.2) is 0 Å². The molecule has 0 saturated heterocycles. The highest BCUT2D eigenvalue weighted by Crippen LogP contribution is 2.29. The Balaban J connectivity index is 1.88. The van der Waals surface area contributed by atoms with Crippen molar-refractivity contribution in [1.29, 1.82) is 0 Å². The van der Waals surface area contributed by atoms with Crippen LogP contribution in [-0.2, 0) is 0 Å². The van der Waals surface area contributed by atoms with Crippen LogP contribution in [-0.4, -0.2) is 11.7 Å². The van der Waals surface area contributed by atoms with Crippen molar-refractivity contribution in [1.82, 2.24) is 0 Å². The van der Waals surface area contributed by atoms with Gasteiger partial charge in [-0.25, -0.2) is 0 Å². The Labute approximate surface area is 88.9 Å². The van der Waals surface area contributed by atoms with Crippen molar-refractivity contribution in [2.75, 3.05) is 6.61 Å². The highest BCUT2D eigenvalue weighted by atomic mass is 16.3. The van der Waals surface area contributed by atoms with E-state index in [1.807, 2.05) is 0 Å². The zero-order valence-electron chi connectivity index (χ0n) is 9.67. The van der Waals surface area contributed by atoms with Crippen LogP contribution in [0.25, 0.3) is 0 Å². The summed E-state index contributed by atoms with van der Waals surface area (Å²) in [5.41, 5.74) is 0. The maximum Gasteiger partial charge on any atom is 0.0433 e. The van der Waals surface area contributed by atoms with Gasteiger partial charge in [0, 0.05) is 6.61 Å². The molecule has 0 radical (unpaired) electrons. The van der Waals surface area contributed by atoms with E-state index in [0.717, 1.165) is 18.3 Å². The molecule has 0 aromatic heterocycles. The van der Waals surface area contributed by atoms with Crippen molar-refractivity contribution in [2.24, 2.45) is 11.8 Å². The Morgan fingerprint density at radius 2 is 1.86 bits per heavy atom. The van der Waals surface area contributed by atoms with E-state index in [0.29, 0.717) is 6.61 Å². The molecule has 0 amide bonds. The molecule has 1 aliphatic rings. The zero-order valence-corrected chi connectivity index (χ0v) is 9.67. The van der Waals surface area contributed by atoms with E-state index in [1.165, 1.54) is 51.4 Å². The van der Waals surface area contributed by atoms with Gasteiger partial charge in [0.1, 0.15) is 0 Å². The third-order valence-electron chi connectivity index (χ3n) is 3.66. The predicted molar refractivity (Wildman–Crippen MR) is 61.3 cm³/mol. The molecule has 0 spiro atoms. The van der Waals surface area contributed by atoms with Gasteiger partial charge in [0.05, 0.1) is 0 Å². The molecule has 1 rings (SSSR count). The summed E-state index contributed by atoms with van der Waals surface area (Å²) in [5, 5.41) is 8.77. The van der Waals surface area contributed by atoms with Crippen LogP contribution in [0, 0.1) is 11.8 Å². The Morgan fingerprint density at radius 1 is 1.14 bits per heavy atom. The molecule has 0 aliphatic heterocycles. The third-order valence-corrected chi connectivity index (χ3v) is 3.66. The molecule has 1 saturated carbocycles. The minimum absolute atomic E-state index is 0.365. The first-order valence-electron chi connectivity index (χ1n) is 6.43. The molecule has 1 fully saturated rings. The molecule has 1 heteroatoms. The summed E-state index contributed by atoms with van der Waals surface area (Å²) in [6, 6.07) is 0. The predicted octanol–water partition coefficient (Wildman–Crippen LogP) is 3.76. The van der Waals surface area contributed by atoms with Crippen molar-refractivity contribution in [3.05, 3.63) is 0 Å². The number of hydrogen-bond donors (Lipinski definition) is 1. The molecule has 0 bridgehead atoms. The summed E-state index contributed by atoms with van der Waals surface area (Å²) in [5.74, 6) is 1.78. The van der Waals surface area contributed by atoms with Gasteiger partial charge < -0.3 is 5.11 Å². The van der Waals surface area contributed by atoms with Gasteiger partial charge in [-0.2, -0.15) is 0 Å². The monoisotopic (exact) mass is 198 g/mol. The minimum atomic E-state index is 0.365. The molecule has 0 aromatic carbocycles. The van der Waals surface area contributed by atoms with Gasteiger partial charge in [-0.05, 0) is 18.3 Å². The zero-order chi connectivity index (χ0) is 10.2. The molecule has 0 heterocycles. The minimum Gasteiger partial charge on any atom is -0.396 e. The van der Waals surface area contributed by atoms with Crippen molar-refractivity contribution in [3.63, 3.8) is 0 Å². The van der Waals surface area contributed by atoms with Gasteiger partial charge in [-0.15, -0.1) is 0 Å². The number of aliphatic hydroxyl groups is 1. The fourth-order valence-electron chi connectivity index (χ4n) is 2.59. The van der Waals surface area contributed by atoms with Crippen molar-refractivity contribution in [2.45, 2.75) is 64.7 Å². The first kappa shape index (κ1) is 12.0. The standard InChI is InChI=1S/C13H26O/c1-12(10-11-14)6-2-3-7-13-8-4-5-9-13/h12-14H,2-11H2,1H3/t12-/m0/s1. The van der Waals surface area contributed by atoms with Crippen LogP contribution in [0.5, 0.6) is 0 Å². The second-order valence-electron chi connectivity index (χ2n) is 5.05. The summed E-state index contributed by atoms with van der Waals surface area (Å²) in [6.45, 7) is 2.62. The van der Waals surface area contributed by atoms with E-state index in [2.05, 4.69) is 6.92 Å². The lowest BCUT2D eigenvalue weighted by Gasteiger charge is -2.11. The SMILES string of the molecule is C[C@H](CCO)CCCCC1CCCC1. The lowest BCUT2D eigenvalue weighted by Crippen LogP contribution is -1.99. The lowest BCUT2D eigenvalue weighted by molar-refractivity contribution is 0.256. The molecular weight excluding hydrogens is 172 g/mol. The average molecular weight is 198 g/mol. The molecule has 1 aliphatic carbocycles. The lowest BCUT2D eigenvalue weighted by atomic mass is 9.96. The highest BCUT2D eigenvalue weighted by Gasteiger charge is 2.14. The average Bonchev–Trinajstić information content (AvgIpc) is 2.65. The Bertz CT molecular complexity index is 127. The summed E-state index contributed by atoms with van der Waals surface area (Å²) in [7, 11) is 0. The Hall–Kier alpha value is -0.0400. The van der Waals surface area contributed by atoms with E-state index >= 15 is 0 Å². The molecule has 0 aromatic rings. The Kier molecular flexibility index (Phi) is 6.25. The van der Waals surface area contributed by atoms with Crippen LogP contribution in [0.4, 0.5) is 0 Å². The van der Waals surface area contributed by atoms with Gasteiger partial charge in [0.2, 0.25) is 0 Å². The number of rotatable bonds is 7.